The summed E-state index contributed by atoms with van der Waals surface area (Å²) in [5, 5.41) is 9.46. The number of benzene rings is 1. The Labute approximate surface area is 127 Å². The minimum absolute atomic E-state index is 0.180. The maximum absolute atomic E-state index is 11.5. The van der Waals surface area contributed by atoms with Gasteiger partial charge >= 0.3 is 5.97 Å². The van der Waals surface area contributed by atoms with E-state index in [2.05, 4.69) is 15.9 Å². The minimum Gasteiger partial charge on any atom is -0.496 e. The number of carboxylic acids is 1. The third-order valence-electron chi connectivity index (χ3n) is 3.91. The SMILES string of the molecule is COc1ccc(Br)cc1CN1CCCC(C)C1C(=O)O. The number of aliphatic carboxylic acids is 1. The average molecular weight is 342 g/mol. The fourth-order valence-electron chi connectivity index (χ4n) is 2.94. The van der Waals surface area contributed by atoms with Crippen molar-refractivity contribution in [2.24, 2.45) is 5.92 Å². The zero-order valence-electron chi connectivity index (χ0n) is 11.8. The molecule has 20 heavy (non-hydrogen) atoms. The first-order valence-electron chi connectivity index (χ1n) is 6.82. The van der Waals surface area contributed by atoms with Gasteiger partial charge in [-0.05, 0) is 43.5 Å². The van der Waals surface area contributed by atoms with Gasteiger partial charge in [-0.2, -0.15) is 0 Å². The molecule has 0 bridgehead atoms. The van der Waals surface area contributed by atoms with Crippen LogP contribution in [0.2, 0.25) is 0 Å². The molecular formula is C15H20BrNO3. The highest BCUT2D eigenvalue weighted by Crippen LogP contribution is 2.29. The second kappa shape index (κ2) is 6.59. The van der Waals surface area contributed by atoms with E-state index < -0.39 is 12.0 Å². The highest BCUT2D eigenvalue weighted by atomic mass is 79.9. The summed E-state index contributed by atoms with van der Waals surface area (Å²) >= 11 is 3.46. The summed E-state index contributed by atoms with van der Waals surface area (Å²) < 4.78 is 6.35. The van der Waals surface area contributed by atoms with Gasteiger partial charge in [-0.1, -0.05) is 22.9 Å². The zero-order valence-corrected chi connectivity index (χ0v) is 13.4. The number of carboxylic acid groups (broad SMARTS) is 1. The molecule has 2 atom stereocenters. The second-order valence-corrected chi connectivity index (χ2v) is 6.24. The van der Waals surface area contributed by atoms with Gasteiger partial charge in [0.25, 0.3) is 0 Å². The molecule has 1 saturated heterocycles. The molecule has 1 aliphatic heterocycles. The van der Waals surface area contributed by atoms with Crippen LogP contribution >= 0.6 is 15.9 Å². The van der Waals surface area contributed by atoms with E-state index in [0.29, 0.717) is 6.54 Å². The van der Waals surface area contributed by atoms with Crippen LogP contribution in [0, 0.1) is 5.92 Å². The molecule has 0 aliphatic carbocycles. The number of halogens is 1. The molecule has 0 spiro atoms. The summed E-state index contributed by atoms with van der Waals surface area (Å²) in [6.07, 6.45) is 2.02. The molecule has 2 unspecified atom stereocenters. The number of nitrogens with zero attached hydrogens (tertiary/aromatic N) is 1. The monoisotopic (exact) mass is 341 g/mol. The van der Waals surface area contributed by atoms with Crippen molar-refractivity contribution in [3.05, 3.63) is 28.2 Å². The lowest BCUT2D eigenvalue weighted by atomic mass is 9.90. The van der Waals surface area contributed by atoms with Crippen molar-refractivity contribution in [2.45, 2.75) is 32.4 Å². The Morgan fingerprint density at radius 2 is 2.30 bits per heavy atom. The molecule has 5 heteroatoms. The first-order chi connectivity index (χ1) is 9.52. The predicted octanol–water partition coefficient (Wildman–Crippen LogP) is 3.14. The van der Waals surface area contributed by atoms with Crippen molar-refractivity contribution < 1.29 is 14.6 Å². The van der Waals surface area contributed by atoms with E-state index in [-0.39, 0.29) is 5.92 Å². The van der Waals surface area contributed by atoms with Crippen LogP contribution in [0.25, 0.3) is 0 Å². The van der Waals surface area contributed by atoms with Gasteiger partial charge in [0.15, 0.2) is 0 Å². The van der Waals surface area contributed by atoms with Gasteiger partial charge in [0.05, 0.1) is 7.11 Å². The fourth-order valence-corrected chi connectivity index (χ4v) is 3.35. The highest BCUT2D eigenvalue weighted by molar-refractivity contribution is 9.10. The van der Waals surface area contributed by atoms with Gasteiger partial charge in [-0.15, -0.1) is 0 Å². The largest absolute Gasteiger partial charge is 0.496 e. The molecule has 1 N–H and O–H groups in total. The topological polar surface area (TPSA) is 49.8 Å². The fraction of sp³-hybridized carbons (Fsp3) is 0.533. The lowest BCUT2D eigenvalue weighted by Gasteiger charge is -2.37. The first kappa shape index (κ1) is 15.3. The summed E-state index contributed by atoms with van der Waals surface area (Å²) in [5.74, 6) is 0.251. The van der Waals surface area contributed by atoms with Crippen molar-refractivity contribution in [3.8, 4) is 5.75 Å². The van der Waals surface area contributed by atoms with E-state index >= 15 is 0 Å². The van der Waals surface area contributed by atoms with E-state index in [9.17, 15) is 9.90 Å². The quantitative estimate of drug-likeness (QED) is 0.913. The molecule has 110 valence electrons. The Bertz CT molecular complexity index is 492. The van der Waals surface area contributed by atoms with Crippen LogP contribution in [0.1, 0.15) is 25.3 Å². The summed E-state index contributed by atoms with van der Waals surface area (Å²) in [4.78, 5) is 13.5. The molecule has 1 heterocycles. The summed E-state index contributed by atoms with van der Waals surface area (Å²) in [6, 6.07) is 5.42. The Morgan fingerprint density at radius 3 is 2.95 bits per heavy atom. The molecule has 0 amide bonds. The van der Waals surface area contributed by atoms with Gasteiger partial charge in [0.2, 0.25) is 0 Å². The van der Waals surface area contributed by atoms with Gasteiger partial charge in [-0.25, -0.2) is 0 Å². The molecule has 4 nitrogen and oxygen atoms in total. The van der Waals surface area contributed by atoms with Crippen molar-refractivity contribution in [1.29, 1.82) is 0 Å². The smallest absolute Gasteiger partial charge is 0.321 e. The van der Waals surface area contributed by atoms with Crippen molar-refractivity contribution in [3.63, 3.8) is 0 Å². The van der Waals surface area contributed by atoms with Crippen molar-refractivity contribution in [1.82, 2.24) is 4.90 Å². The van der Waals surface area contributed by atoms with Gasteiger partial charge in [0.1, 0.15) is 11.8 Å². The van der Waals surface area contributed by atoms with Gasteiger partial charge in [0, 0.05) is 16.6 Å². The van der Waals surface area contributed by atoms with E-state index in [0.717, 1.165) is 35.2 Å². The van der Waals surface area contributed by atoms with Crippen LogP contribution in [0.4, 0.5) is 0 Å². The molecule has 0 saturated carbocycles. The normalized spacial score (nSPS) is 23.6. The van der Waals surface area contributed by atoms with Crippen LogP contribution in [-0.4, -0.2) is 35.7 Å². The lowest BCUT2D eigenvalue weighted by molar-refractivity contribution is -0.147. The van der Waals surface area contributed by atoms with Crippen LogP contribution in [0.5, 0.6) is 5.75 Å². The third kappa shape index (κ3) is 3.33. The van der Waals surface area contributed by atoms with E-state index in [4.69, 9.17) is 4.74 Å². The predicted molar refractivity (Wildman–Crippen MR) is 80.9 cm³/mol. The Kier molecular flexibility index (Phi) is 5.05. The number of likely N-dealkylation sites (tertiary alicyclic amines) is 1. The van der Waals surface area contributed by atoms with Crippen LogP contribution in [0.3, 0.4) is 0 Å². The molecule has 1 fully saturated rings. The molecule has 1 aliphatic rings. The number of ether oxygens (including phenoxy) is 1. The average Bonchev–Trinajstić information content (AvgIpc) is 2.38. The number of methoxy groups -OCH3 is 1. The molecule has 0 radical (unpaired) electrons. The maximum Gasteiger partial charge on any atom is 0.321 e. The molecule has 1 aromatic rings. The maximum atomic E-state index is 11.5. The zero-order chi connectivity index (χ0) is 14.7. The van der Waals surface area contributed by atoms with Crippen LogP contribution < -0.4 is 4.74 Å². The Morgan fingerprint density at radius 1 is 1.55 bits per heavy atom. The number of rotatable bonds is 4. The Balaban J connectivity index is 2.23. The van der Waals surface area contributed by atoms with Crippen molar-refractivity contribution >= 4 is 21.9 Å². The van der Waals surface area contributed by atoms with E-state index in [1.807, 2.05) is 30.0 Å². The second-order valence-electron chi connectivity index (χ2n) is 5.33. The first-order valence-corrected chi connectivity index (χ1v) is 7.61. The van der Waals surface area contributed by atoms with Crippen LogP contribution in [0.15, 0.2) is 22.7 Å². The third-order valence-corrected chi connectivity index (χ3v) is 4.40. The molecular weight excluding hydrogens is 322 g/mol. The number of carbonyl (C=O) groups is 1. The van der Waals surface area contributed by atoms with E-state index in [1.54, 1.807) is 7.11 Å². The summed E-state index contributed by atoms with van der Waals surface area (Å²) in [6.45, 7) is 3.43. The van der Waals surface area contributed by atoms with E-state index in [1.165, 1.54) is 0 Å². The molecule has 0 aromatic heterocycles. The number of piperidine rings is 1. The van der Waals surface area contributed by atoms with Gasteiger partial charge < -0.3 is 9.84 Å². The lowest BCUT2D eigenvalue weighted by Crippen LogP contribution is -2.48. The number of hydrogen-bond acceptors (Lipinski definition) is 3. The van der Waals surface area contributed by atoms with Gasteiger partial charge in [-0.3, -0.25) is 9.69 Å². The standard InChI is InChI=1S/C15H20BrNO3/c1-10-4-3-7-17(14(10)15(18)19)9-11-8-12(16)5-6-13(11)20-2/h5-6,8,10,14H,3-4,7,9H2,1-2H3,(H,18,19). The van der Waals surface area contributed by atoms with Crippen molar-refractivity contribution in [2.75, 3.05) is 13.7 Å². The summed E-state index contributed by atoms with van der Waals surface area (Å²) in [5.41, 5.74) is 1.02. The Hall–Kier alpha value is -1.07. The summed E-state index contributed by atoms with van der Waals surface area (Å²) in [7, 11) is 1.64. The molecule has 2 rings (SSSR count). The van der Waals surface area contributed by atoms with Crippen LogP contribution in [-0.2, 0) is 11.3 Å². The highest BCUT2D eigenvalue weighted by Gasteiger charge is 2.34. The molecule has 1 aromatic carbocycles. The number of hydrogen-bond donors (Lipinski definition) is 1. The minimum atomic E-state index is -0.730.